The van der Waals surface area contributed by atoms with Gasteiger partial charge in [0.2, 0.25) is 10.0 Å². The highest BCUT2D eigenvalue weighted by Gasteiger charge is 2.23. The van der Waals surface area contributed by atoms with Crippen molar-refractivity contribution < 1.29 is 21.6 Å². The van der Waals surface area contributed by atoms with Gasteiger partial charge in [0.15, 0.2) is 17.5 Å². The van der Waals surface area contributed by atoms with Gasteiger partial charge >= 0.3 is 0 Å². The number of sulfonamides is 1. The molecule has 0 radical (unpaired) electrons. The minimum Gasteiger partial charge on any atom is -0.316 e. The first-order chi connectivity index (χ1) is 8.79. The van der Waals surface area contributed by atoms with Gasteiger partial charge in [-0.25, -0.2) is 21.6 Å². The maximum absolute atomic E-state index is 13.4. The molecule has 0 amide bonds. The summed E-state index contributed by atoms with van der Waals surface area (Å²) >= 11 is 0. The van der Waals surface area contributed by atoms with Crippen LogP contribution in [0.15, 0.2) is 12.1 Å². The van der Waals surface area contributed by atoms with Gasteiger partial charge in [-0.15, -0.1) is 0 Å². The van der Waals surface area contributed by atoms with Crippen molar-refractivity contribution in [3.8, 4) is 0 Å². The van der Waals surface area contributed by atoms with Gasteiger partial charge in [0.25, 0.3) is 0 Å². The molecule has 0 aliphatic rings. The Bertz CT molecular complexity index is 549. The summed E-state index contributed by atoms with van der Waals surface area (Å²) < 4.78 is 64.6. The highest BCUT2D eigenvalue weighted by Crippen LogP contribution is 2.21. The van der Waals surface area contributed by atoms with E-state index >= 15 is 0 Å². The number of hydrogen-bond donors (Lipinski definition) is 2. The van der Waals surface area contributed by atoms with Crippen LogP contribution in [0.5, 0.6) is 0 Å². The fraction of sp³-hybridized carbons (Fsp3) is 0.455. The van der Waals surface area contributed by atoms with Crippen LogP contribution in [0.4, 0.5) is 18.9 Å². The molecule has 0 heterocycles. The summed E-state index contributed by atoms with van der Waals surface area (Å²) in [5, 5.41) is 1.98. The van der Waals surface area contributed by atoms with Crippen molar-refractivity contribution in [3.63, 3.8) is 0 Å². The molecular weight excluding hydrogens is 281 g/mol. The first-order valence-electron chi connectivity index (χ1n) is 5.65. The lowest BCUT2D eigenvalue weighted by molar-refractivity contribution is 0.449. The second-order valence-electron chi connectivity index (χ2n) is 3.99. The molecule has 1 atom stereocenters. The lowest BCUT2D eigenvalue weighted by Crippen LogP contribution is -2.35. The zero-order valence-electron chi connectivity index (χ0n) is 10.5. The zero-order valence-corrected chi connectivity index (χ0v) is 11.3. The molecule has 0 spiro atoms. The molecule has 1 aromatic carbocycles. The average molecular weight is 296 g/mol. The third-order valence-electron chi connectivity index (χ3n) is 2.50. The van der Waals surface area contributed by atoms with Crippen LogP contribution in [-0.2, 0) is 10.0 Å². The zero-order chi connectivity index (χ0) is 14.6. The lowest BCUT2D eigenvalue weighted by atomic mass is 10.3. The van der Waals surface area contributed by atoms with Crippen LogP contribution >= 0.6 is 0 Å². The van der Waals surface area contributed by atoms with E-state index < -0.39 is 38.4 Å². The third-order valence-corrected chi connectivity index (χ3v) is 4.23. The maximum Gasteiger partial charge on any atom is 0.236 e. The number of halogens is 3. The molecule has 0 aliphatic heterocycles. The molecule has 1 unspecified atom stereocenters. The SMILES string of the molecule is CCNCC(C)S(=O)(=O)Nc1ccc(F)c(F)c1F. The Morgan fingerprint density at radius 3 is 2.42 bits per heavy atom. The largest absolute Gasteiger partial charge is 0.316 e. The predicted molar refractivity (Wildman–Crippen MR) is 66.9 cm³/mol. The van der Waals surface area contributed by atoms with Crippen LogP contribution in [0.1, 0.15) is 13.8 Å². The molecule has 0 saturated heterocycles. The van der Waals surface area contributed by atoms with Crippen LogP contribution < -0.4 is 10.0 Å². The van der Waals surface area contributed by atoms with E-state index in [1.54, 1.807) is 0 Å². The fourth-order valence-corrected chi connectivity index (χ4v) is 2.32. The van der Waals surface area contributed by atoms with E-state index in [4.69, 9.17) is 0 Å². The van der Waals surface area contributed by atoms with E-state index in [-0.39, 0.29) is 6.54 Å². The molecule has 0 bridgehead atoms. The number of anilines is 1. The normalized spacial score (nSPS) is 13.3. The predicted octanol–water partition coefficient (Wildman–Crippen LogP) is 1.84. The molecule has 108 valence electrons. The van der Waals surface area contributed by atoms with E-state index in [1.807, 2.05) is 11.6 Å². The van der Waals surface area contributed by atoms with Crippen molar-refractivity contribution in [1.82, 2.24) is 5.32 Å². The van der Waals surface area contributed by atoms with Gasteiger partial charge in [0.1, 0.15) is 0 Å². The van der Waals surface area contributed by atoms with Crippen molar-refractivity contribution >= 4 is 15.7 Å². The van der Waals surface area contributed by atoms with Crippen molar-refractivity contribution in [1.29, 1.82) is 0 Å². The Morgan fingerprint density at radius 1 is 1.21 bits per heavy atom. The van der Waals surface area contributed by atoms with Crippen LogP contribution in [-0.4, -0.2) is 26.8 Å². The summed E-state index contributed by atoms with van der Waals surface area (Å²) in [4.78, 5) is 0. The molecule has 1 rings (SSSR count). The number of nitrogens with one attached hydrogen (secondary N) is 2. The molecular formula is C11H15F3N2O2S. The number of rotatable bonds is 6. The summed E-state index contributed by atoms with van der Waals surface area (Å²) in [6.45, 7) is 3.97. The van der Waals surface area contributed by atoms with Gasteiger partial charge in [-0.3, -0.25) is 4.72 Å². The van der Waals surface area contributed by atoms with Gasteiger partial charge < -0.3 is 5.32 Å². The quantitative estimate of drug-likeness (QED) is 0.788. The minimum atomic E-state index is -3.88. The second kappa shape index (κ2) is 6.25. The first kappa shape index (κ1) is 15.8. The van der Waals surface area contributed by atoms with E-state index in [1.165, 1.54) is 6.92 Å². The Balaban J connectivity index is 2.93. The Labute approximate surface area is 110 Å². The van der Waals surface area contributed by atoms with Gasteiger partial charge in [-0.2, -0.15) is 0 Å². The molecule has 0 aromatic heterocycles. The lowest BCUT2D eigenvalue weighted by Gasteiger charge is -2.15. The first-order valence-corrected chi connectivity index (χ1v) is 7.20. The van der Waals surface area contributed by atoms with Crippen LogP contribution in [0.2, 0.25) is 0 Å². The molecule has 0 saturated carbocycles. The molecule has 2 N–H and O–H groups in total. The van der Waals surface area contributed by atoms with Crippen molar-refractivity contribution in [2.24, 2.45) is 0 Å². The number of hydrogen-bond acceptors (Lipinski definition) is 3. The summed E-state index contributed by atoms with van der Waals surface area (Å²) in [6, 6.07) is 1.50. The highest BCUT2D eigenvalue weighted by atomic mass is 32.2. The summed E-state index contributed by atoms with van der Waals surface area (Å²) in [5.74, 6) is -4.64. The Morgan fingerprint density at radius 2 is 1.84 bits per heavy atom. The topological polar surface area (TPSA) is 58.2 Å². The standard InChI is InChI=1S/C11H15F3N2O2S/c1-3-15-6-7(2)19(17,18)16-9-5-4-8(12)10(13)11(9)14/h4-5,7,15-16H,3,6H2,1-2H3. The van der Waals surface area contributed by atoms with E-state index in [0.29, 0.717) is 12.6 Å². The summed E-state index contributed by atoms with van der Waals surface area (Å²) in [5.41, 5.74) is -0.609. The molecule has 19 heavy (non-hydrogen) atoms. The van der Waals surface area contributed by atoms with Crippen LogP contribution in [0, 0.1) is 17.5 Å². The average Bonchev–Trinajstić information content (AvgIpc) is 2.36. The third kappa shape index (κ3) is 3.84. The van der Waals surface area contributed by atoms with Crippen LogP contribution in [0.3, 0.4) is 0 Å². The minimum absolute atomic E-state index is 0.164. The molecule has 8 heteroatoms. The summed E-state index contributed by atoms with van der Waals surface area (Å²) in [6.07, 6.45) is 0. The van der Waals surface area contributed by atoms with Crippen LogP contribution in [0.25, 0.3) is 0 Å². The van der Waals surface area contributed by atoms with E-state index in [9.17, 15) is 21.6 Å². The van der Waals surface area contributed by atoms with Crippen molar-refractivity contribution in [2.75, 3.05) is 17.8 Å². The van der Waals surface area contributed by atoms with Gasteiger partial charge in [0, 0.05) is 6.54 Å². The Kier molecular flexibility index (Phi) is 5.19. The molecule has 0 aliphatic carbocycles. The number of benzene rings is 1. The van der Waals surface area contributed by atoms with E-state index in [0.717, 1.165) is 6.07 Å². The highest BCUT2D eigenvalue weighted by molar-refractivity contribution is 7.93. The van der Waals surface area contributed by atoms with E-state index in [2.05, 4.69) is 5.32 Å². The fourth-order valence-electron chi connectivity index (χ4n) is 1.32. The van der Waals surface area contributed by atoms with Gasteiger partial charge in [-0.05, 0) is 25.6 Å². The molecule has 1 aromatic rings. The van der Waals surface area contributed by atoms with Gasteiger partial charge in [0.05, 0.1) is 10.9 Å². The summed E-state index contributed by atoms with van der Waals surface area (Å²) in [7, 11) is -3.88. The molecule has 0 fully saturated rings. The maximum atomic E-state index is 13.4. The Hall–Kier alpha value is -1.28. The second-order valence-corrected chi connectivity index (χ2v) is 6.09. The van der Waals surface area contributed by atoms with Crippen molar-refractivity contribution in [2.45, 2.75) is 19.1 Å². The van der Waals surface area contributed by atoms with Crippen molar-refractivity contribution in [3.05, 3.63) is 29.6 Å². The monoisotopic (exact) mass is 296 g/mol. The smallest absolute Gasteiger partial charge is 0.236 e. The molecule has 4 nitrogen and oxygen atoms in total. The van der Waals surface area contributed by atoms with Gasteiger partial charge in [-0.1, -0.05) is 6.92 Å².